The van der Waals surface area contributed by atoms with Gasteiger partial charge in [0.1, 0.15) is 17.2 Å². The first-order valence-electron chi connectivity index (χ1n) is 22.0. The number of piperidine rings is 1. The van der Waals surface area contributed by atoms with Crippen molar-refractivity contribution in [3.63, 3.8) is 0 Å². The van der Waals surface area contributed by atoms with E-state index in [1.165, 1.54) is 65.1 Å². The van der Waals surface area contributed by atoms with Crippen molar-refractivity contribution in [3.05, 3.63) is 129 Å². The van der Waals surface area contributed by atoms with Gasteiger partial charge in [0.05, 0.1) is 15.4 Å². The molecule has 330 valence electrons. The number of sulfonamides is 1. The average Bonchev–Trinajstić information content (AvgIpc) is 3.85. The van der Waals surface area contributed by atoms with E-state index in [2.05, 4.69) is 55.8 Å². The maximum absolute atomic E-state index is 13.9. The molecule has 4 aromatic carbocycles. The maximum Gasteiger partial charge on any atom is 0.293 e. The van der Waals surface area contributed by atoms with Gasteiger partial charge >= 0.3 is 0 Å². The zero-order chi connectivity index (χ0) is 43.5. The van der Waals surface area contributed by atoms with Crippen LogP contribution < -0.4 is 19.3 Å². The Kier molecular flexibility index (Phi) is 12.8. The number of carbonyl (C=O) groups excluding carboxylic acids is 1. The number of rotatable bonds is 14. The van der Waals surface area contributed by atoms with E-state index in [-0.39, 0.29) is 23.0 Å². The van der Waals surface area contributed by atoms with Crippen molar-refractivity contribution < 1.29 is 27.6 Å². The highest BCUT2D eigenvalue weighted by Crippen LogP contribution is 2.40. The number of nitrogens with one attached hydrogen (secondary N) is 1. The SMILES string of the molecule is CN(c1ccc(S(=O)(=O)NC(=O)c2ccc(N3CCN(Cc4ccccc4-c4ccc(CN5C6CCCC5CC6)s4)CC3)cc2Oc2ccccc2)cc1[N+](=O)[O-])C1CCOCC1. The number of benzene rings is 4. The van der Waals surface area contributed by atoms with Crippen LogP contribution in [0.4, 0.5) is 17.1 Å². The lowest BCUT2D eigenvalue weighted by molar-refractivity contribution is -0.384. The first-order valence-corrected chi connectivity index (χ1v) is 24.3. The molecule has 15 heteroatoms. The van der Waals surface area contributed by atoms with Crippen molar-refractivity contribution in [2.24, 2.45) is 0 Å². The third-order valence-corrected chi connectivity index (χ3v) is 15.7. The fourth-order valence-corrected chi connectivity index (χ4v) is 11.9. The van der Waals surface area contributed by atoms with E-state index in [0.29, 0.717) is 37.5 Å². The smallest absolute Gasteiger partial charge is 0.293 e. The number of para-hydroxylation sites is 1. The van der Waals surface area contributed by atoms with Crippen molar-refractivity contribution in [2.75, 3.05) is 56.2 Å². The first-order chi connectivity index (χ1) is 30.6. The Balaban J connectivity index is 0.879. The fourth-order valence-electron chi connectivity index (χ4n) is 9.79. The summed E-state index contributed by atoms with van der Waals surface area (Å²) in [5, 5.41) is 12.2. The minimum atomic E-state index is -4.53. The molecule has 4 aliphatic rings. The molecule has 4 saturated heterocycles. The van der Waals surface area contributed by atoms with Gasteiger partial charge in [-0.2, -0.15) is 0 Å². The lowest BCUT2D eigenvalue weighted by Crippen LogP contribution is -2.46. The number of carbonyl (C=O) groups is 1. The summed E-state index contributed by atoms with van der Waals surface area (Å²) in [4.78, 5) is 37.1. The summed E-state index contributed by atoms with van der Waals surface area (Å²) in [6, 6.07) is 32.7. The number of hydrogen-bond acceptors (Lipinski definition) is 12. The van der Waals surface area contributed by atoms with Gasteiger partial charge in [-0.15, -0.1) is 11.3 Å². The lowest BCUT2D eigenvalue weighted by Gasteiger charge is -2.36. The van der Waals surface area contributed by atoms with Crippen LogP contribution in [-0.2, 0) is 27.8 Å². The number of piperazine rings is 1. The number of fused-ring (bicyclic) bond motifs is 2. The van der Waals surface area contributed by atoms with Gasteiger partial charge in [-0.05, 0) is 98.2 Å². The van der Waals surface area contributed by atoms with Crippen LogP contribution in [0.1, 0.15) is 65.7 Å². The largest absolute Gasteiger partial charge is 0.456 e. The van der Waals surface area contributed by atoms with Crippen LogP contribution in [0.15, 0.2) is 108 Å². The molecule has 2 unspecified atom stereocenters. The Morgan fingerprint density at radius 1 is 0.857 bits per heavy atom. The Hall–Kier alpha value is -5.32. The van der Waals surface area contributed by atoms with Gasteiger partial charge in [-0.1, -0.05) is 48.9 Å². The third kappa shape index (κ3) is 9.63. The highest BCUT2D eigenvalue weighted by atomic mass is 32.2. The Labute approximate surface area is 373 Å². The van der Waals surface area contributed by atoms with Crippen molar-refractivity contribution in [1.82, 2.24) is 14.5 Å². The van der Waals surface area contributed by atoms with Gasteiger partial charge in [-0.25, -0.2) is 13.1 Å². The number of anilines is 2. The van der Waals surface area contributed by atoms with E-state index in [0.717, 1.165) is 63.1 Å². The van der Waals surface area contributed by atoms with E-state index in [4.69, 9.17) is 9.47 Å². The van der Waals surface area contributed by atoms with Crippen LogP contribution in [0.3, 0.4) is 0 Å². The van der Waals surface area contributed by atoms with Gasteiger partial charge in [0.15, 0.2) is 0 Å². The highest BCUT2D eigenvalue weighted by molar-refractivity contribution is 7.90. The number of thiophene rings is 1. The Bertz CT molecular complexity index is 2520. The van der Waals surface area contributed by atoms with Crippen LogP contribution in [-0.4, -0.2) is 93.6 Å². The van der Waals surface area contributed by atoms with E-state index in [1.54, 1.807) is 42.3 Å². The number of nitro groups is 1. The molecule has 5 heterocycles. The maximum atomic E-state index is 13.9. The standard InChI is InChI=1S/C48H54N6O7S2/c1-50(35-22-28-60-29-23-35)44-20-18-41(31-45(44)54(56)57)63(58,59)49-48(55)43-19-16-38(30-46(43)61-39-11-3-2-4-12-39)52-26-24-51(25-27-52)32-34-8-5-6-13-42(34)47-21-17-40(62-47)33-53-36-9-7-10-37(53)15-14-36/h2-6,8,11-13,16-21,30-31,35-37H,7,9-10,14-15,22-29,32-33H2,1H3,(H,49,55). The van der Waals surface area contributed by atoms with Gasteiger partial charge in [0.25, 0.3) is 21.6 Å². The van der Waals surface area contributed by atoms with Gasteiger partial charge in [-0.3, -0.25) is 24.7 Å². The van der Waals surface area contributed by atoms with Crippen LogP contribution in [0.5, 0.6) is 11.5 Å². The zero-order valence-electron chi connectivity index (χ0n) is 35.6. The van der Waals surface area contributed by atoms with E-state index in [1.807, 2.05) is 29.5 Å². The Morgan fingerprint density at radius 3 is 2.33 bits per heavy atom. The quantitative estimate of drug-likeness (QED) is 0.0847. The van der Waals surface area contributed by atoms with Crippen molar-refractivity contribution in [3.8, 4) is 21.9 Å². The summed E-state index contributed by atoms with van der Waals surface area (Å²) in [5.74, 6) is -0.254. The molecule has 4 aliphatic heterocycles. The summed E-state index contributed by atoms with van der Waals surface area (Å²) < 4.78 is 41.2. The molecule has 0 radical (unpaired) electrons. The van der Waals surface area contributed by atoms with Crippen LogP contribution >= 0.6 is 11.3 Å². The molecule has 1 amide bonds. The van der Waals surface area contributed by atoms with Gasteiger partial charge in [0.2, 0.25) is 0 Å². The topological polar surface area (TPSA) is 138 Å². The summed E-state index contributed by atoms with van der Waals surface area (Å²) in [6.45, 7) is 6.12. The molecule has 4 fully saturated rings. The molecule has 63 heavy (non-hydrogen) atoms. The number of ether oxygens (including phenoxy) is 2. The predicted octanol–water partition coefficient (Wildman–Crippen LogP) is 8.69. The molecule has 13 nitrogen and oxygen atoms in total. The van der Waals surface area contributed by atoms with Crippen LogP contribution in [0.2, 0.25) is 0 Å². The number of amides is 1. The van der Waals surface area contributed by atoms with Crippen molar-refractivity contribution in [2.45, 2.75) is 81.1 Å². The molecule has 0 spiro atoms. The van der Waals surface area contributed by atoms with Gasteiger partial charge in [0, 0.05) is 105 Å². The van der Waals surface area contributed by atoms with Crippen LogP contribution in [0, 0.1) is 10.1 Å². The third-order valence-electron chi connectivity index (χ3n) is 13.2. The number of nitro benzene ring substituents is 1. The highest BCUT2D eigenvalue weighted by Gasteiger charge is 2.36. The van der Waals surface area contributed by atoms with E-state index < -0.39 is 25.7 Å². The minimum Gasteiger partial charge on any atom is -0.456 e. The first kappa shape index (κ1) is 43.0. The molecule has 2 atom stereocenters. The number of hydrogen-bond donors (Lipinski definition) is 1. The lowest BCUT2D eigenvalue weighted by atomic mass is 10.0. The molecule has 5 aromatic rings. The molecular weight excluding hydrogens is 837 g/mol. The second-order valence-corrected chi connectivity index (χ2v) is 19.9. The molecule has 9 rings (SSSR count). The van der Waals surface area contributed by atoms with E-state index in [9.17, 15) is 23.3 Å². The summed E-state index contributed by atoms with van der Waals surface area (Å²) in [7, 11) is -2.77. The molecule has 1 aromatic heterocycles. The summed E-state index contributed by atoms with van der Waals surface area (Å²) in [5.41, 5.74) is 3.38. The molecular formula is C48H54N6O7S2. The van der Waals surface area contributed by atoms with E-state index >= 15 is 0 Å². The Morgan fingerprint density at radius 2 is 1.59 bits per heavy atom. The normalized spacial score (nSPS) is 19.8. The van der Waals surface area contributed by atoms with Gasteiger partial charge < -0.3 is 19.3 Å². The number of nitrogens with zero attached hydrogens (tertiary/aromatic N) is 5. The summed E-state index contributed by atoms with van der Waals surface area (Å²) >= 11 is 1.93. The van der Waals surface area contributed by atoms with Crippen molar-refractivity contribution >= 4 is 44.3 Å². The second-order valence-electron chi connectivity index (χ2n) is 17.1. The fraction of sp³-hybridized carbons (Fsp3) is 0.396. The molecule has 0 saturated carbocycles. The second kappa shape index (κ2) is 18.8. The predicted molar refractivity (Wildman–Crippen MR) is 246 cm³/mol. The molecule has 2 bridgehead atoms. The molecule has 0 aliphatic carbocycles. The summed E-state index contributed by atoms with van der Waals surface area (Å²) in [6.07, 6.45) is 8.13. The average molecular weight is 891 g/mol. The van der Waals surface area contributed by atoms with Crippen molar-refractivity contribution in [1.29, 1.82) is 0 Å². The monoisotopic (exact) mass is 890 g/mol. The minimum absolute atomic E-state index is 0.00605. The van der Waals surface area contributed by atoms with Crippen LogP contribution in [0.25, 0.3) is 10.4 Å². The zero-order valence-corrected chi connectivity index (χ0v) is 37.2. The molecule has 1 N–H and O–H groups in total.